The Hall–Kier alpha value is -6.19. The number of aryl methyl sites for hydroxylation is 1. The van der Waals surface area contributed by atoms with E-state index in [4.69, 9.17) is 17.2 Å². The van der Waals surface area contributed by atoms with Crippen LogP contribution in [0, 0.1) is 0 Å². The summed E-state index contributed by atoms with van der Waals surface area (Å²) in [5.74, 6) is -3.13. The summed E-state index contributed by atoms with van der Waals surface area (Å²) in [6.07, 6.45) is 6.18. The summed E-state index contributed by atoms with van der Waals surface area (Å²) in [4.78, 5) is 81.3. The van der Waals surface area contributed by atoms with Crippen molar-refractivity contribution in [3.63, 3.8) is 0 Å². The van der Waals surface area contributed by atoms with E-state index in [2.05, 4.69) is 41.2 Å². The number of nitrogens with one attached hydrogen (secondary N) is 6. The first-order valence-electron chi connectivity index (χ1n) is 17.1. The number of hydrogen-bond donors (Lipinski definition) is 9. The Kier molecular flexibility index (Phi) is 11.9. The minimum Gasteiger partial charge on any atom is -0.370 e. The Balaban J connectivity index is 1.41. The number of nitrogens with zero attached hydrogens (tertiary/aromatic N) is 2. The highest BCUT2D eigenvalue weighted by molar-refractivity contribution is 5.98. The molecule has 274 valence electrons. The molecule has 0 unspecified atom stereocenters. The second-order valence-corrected chi connectivity index (χ2v) is 13.1. The van der Waals surface area contributed by atoms with Crippen LogP contribution in [-0.2, 0) is 49.7 Å². The summed E-state index contributed by atoms with van der Waals surface area (Å²) in [6.45, 7) is 1.48. The summed E-state index contributed by atoms with van der Waals surface area (Å²) < 4.78 is 0. The maximum absolute atomic E-state index is 14.5. The number of amides is 5. The van der Waals surface area contributed by atoms with Gasteiger partial charge in [-0.25, -0.2) is 4.98 Å². The van der Waals surface area contributed by atoms with Crippen molar-refractivity contribution in [3.05, 3.63) is 89.6 Å². The molecule has 4 aromatic rings. The smallest absolute Gasteiger partial charge is 0.246 e. The zero-order valence-corrected chi connectivity index (χ0v) is 28.9. The largest absolute Gasteiger partial charge is 0.370 e. The molecule has 0 fully saturated rings. The number of primary amides is 1. The number of aromatic nitrogens is 3. The second kappa shape index (κ2) is 16.7. The van der Waals surface area contributed by atoms with Gasteiger partial charge in [0.05, 0.1) is 6.33 Å². The van der Waals surface area contributed by atoms with E-state index in [9.17, 15) is 24.0 Å². The summed E-state index contributed by atoms with van der Waals surface area (Å²) in [5, 5.41) is 12.1. The average molecular weight is 712 g/mol. The molecule has 1 aliphatic rings. The van der Waals surface area contributed by atoms with Crippen molar-refractivity contribution < 1.29 is 24.0 Å². The maximum atomic E-state index is 14.5. The second-order valence-electron chi connectivity index (χ2n) is 13.1. The predicted octanol–water partition coefficient (Wildman–Crippen LogP) is -0.267. The molecule has 5 amide bonds. The van der Waals surface area contributed by atoms with Crippen LogP contribution in [0.3, 0.4) is 0 Å². The number of rotatable bonds is 16. The Bertz CT molecular complexity index is 1940. The van der Waals surface area contributed by atoms with Gasteiger partial charge in [-0.05, 0) is 48.4 Å². The number of hydrogen-bond acceptors (Lipinski definition) is 7. The van der Waals surface area contributed by atoms with Crippen molar-refractivity contribution >= 4 is 46.4 Å². The van der Waals surface area contributed by atoms with Crippen molar-refractivity contribution in [3.8, 4) is 0 Å². The molecule has 16 nitrogen and oxygen atoms in total. The summed E-state index contributed by atoms with van der Waals surface area (Å²) in [5.41, 5.74) is 19.4. The van der Waals surface area contributed by atoms with E-state index in [1.165, 1.54) is 13.3 Å². The third-order valence-electron chi connectivity index (χ3n) is 9.23. The lowest BCUT2D eigenvalue weighted by Crippen LogP contribution is -2.66. The molecule has 1 aliphatic carbocycles. The SMILES string of the molecule is CC(=O)N[C@@H](Cc1cnc[nH]1)C(=O)N[C@]1(C(=O)N[C@@H](CCCN=C(N)N)C(=O)N[C@@H](Cc2c[nH]c3ccccc23)C(N)=O)CCc2ccccc2C1. The van der Waals surface area contributed by atoms with Gasteiger partial charge >= 0.3 is 0 Å². The molecule has 2 heterocycles. The number of para-hydroxylation sites is 1. The molecule has 0 saturated carbocycles. The van der Waals surface area contributed by atoms with E-state index in [1.54, 1.807) is 12.4 Å². The van der Waals surface area contributed by atoms with Gasteiger partial charge < -0.3 is 48.4 Å². The maximum Gasteiger partial charge on any atom is 0.246 e. The van der Waals surface area contributed by atoms with Crippen LogP contribution in [0.4, 0.5) is 0 Å². The van der Waals surface area contributed by atoms with Gasteiger partial charge in [-0.1, -0.05) is 42.5 Å². The third kappa shape index (κ3) is 9.32. The van der Waals surface area contributed by atoms with E-state index in [0.717, 1.165) is 27.6 Å². The van der Waals surface area contributed by atoms with Crippen LogP contribution < -0.4 is 38.5 Å². The van der Waals surface area contributed by atoms with Crippen molar-refractivity contribution in [1.82, 2.24) is 36.2 Å². The number of carbonyl (C=O) groups is 5. The van der Waals surface area contributed by atoms with Crippen molar-refractivity contribution in [2.75, 3.05) is 6.54 Å². The topological polar surface area (TPSA) is 268 Å². The van der Waals surface area contributed by atoms with E-state index < -0.39 is 53.2 Å². The molecule has 5 rings (SSSR count). The molecule has 0 radical (unpaired) electrons. The van der Waals surface area contributed by atoms with Crippen LogP contribution in [0.2, 0.25) is 0 Å². The summed E-state index contributed by atoms with van der Waals surface area (Å²) in [6, 6.07) is 11.9. The van der Waals surface area contributed by atoms with Crippen LogP contribution in [0.15, 0.2) is 72.2 Å². The van der Waals surface area contributed by atoms with Crippen LogP contribution in [0.25, 0.3) is 10.9 Å². The molecule has 4 atom stereocenters. The van der Waals surface area contributed by atoms with Gasteiger partial charge in [0, 0.05) is 61.7 Å². The fourth-order valence-corrected chi connectivity index (χ4v) is 6.57. The minimum atomic E-state index is -1.50. The van der Waals surface area contributed by atoms with Crippen molar-refractivity contribution in [2.45, 2.75) is 75.5 Å². The predicted molar refractivity (Wildman–Crippen MR) is 194 cm³/mol. The number of benzene rings is 2. The lowest BCUT2D eigenvalue weighted by atomic mass is 9.76. The first kappa shape index (κ1) is 37.1. The number of guanidine groups is 1. The molecule has 52 heavy (non-hydrogen) atoms. The van der Waals surface area contributed by atoms with Crippen LogP contribution in [0.5, 0.6) is 0 Å². The molecular weight excluding hydrogens is 666 g/mol. The number of aromatic amines is 2. The standard InChI is InChI=1S/C36H45N11O5/c1-21(48)44-30(16-25-19-40-20-43-25)33(51)47-36(13-12-22-7-2-3-8-23(22)17-36)34(52)46-28(11-6-14-41-35(38)39)32(50)45-29(31(37)49)15-24-18-42-27-10-5-4-9-26(24)27/h2-5,7-10,18-20,28-30,42H,6,11-17H2,1H3,(H2,37,49)(H,40,43)(H,44,48)(H,45,50)(H,46,52)(H,47,51)(H4,38,39,41)/t28-,29-,30-,36+/m0/s1. The molecule has 12 N–H and O–H groups in total. The summed E-state index contributed by atoms with van der Waals surface area (Å²) in [7, 11) is 0. The Labute approximate surface area is 300 Å². The monoisotopic (exact) mass is 711 g/mol. The number of carbonyl (C=O) groups excluding carboxylic acids is 5. The third-order valence-corrected chi connectivity index (χ3v) is 9.23. The van der Waals surface area contributed by atoms with E-state index in [-0.39, 0.29) is 44.6 Å². The van der Waals surface area contributed by atoms with E-state index >= 15 is 0 Å². The van der Waals surface area contributed by atoms with Gasteiger partial charge in [-0.3, -0.25) is 29.0 Å². The van der Waals surface area contributed by atoms with Gasteiger partial charge in [0.25, 0.3) is 0 Å². The van der Waals surface area contributed by atoms with E-state index in [1.807, 2.05) is 48.5 Å². The van der Waals surface area contributed by atoms with Gasteiger partial charge in [-0.2, -0.15) is 0 Å². The van der Waals surface area contributed by atoms with Crippen LogP contribution >= 0.6 is 0 Å². The normalized spacial score (nSPS) is 16.8. The van der Waals surface area contributed by atoms with Crippen LogP contribution in [-0.4, -0.2) is 80.7 Å². The first-order chi connectivity index (χ1) is 24.9. The van der Waals surface area contributed by atoms with Gasteiger partial charge in [0.15, 0.2) is 5.96 Å². The molecular formula is C36H45N11O5. The Morgan fingerprint density at radius 1 is 0.885 bits per heavy atom. The molecule has 0 spiro atoms. The zero-order valence-electron chi connectivity index (χ0n) is 28.9. The van der Waals surface area contributed by atoms with Gasteiger partial charge in [0.1, 0.15) is 23.7 Å². The van der Waals surface area contributed by atoms with Crippen molar-refractivity contribution in [2.24, 2.45) is 22.2 Å². The minimum absolute atomic E-state index is 0.0977. The van der Waals surface area contributed by atoms with Gasteiger partial charge in [0.2, 0.25) is 29.5 Å². The number of imidazole rings is 1. The average Bonchev–Trinajstić information content (AvgIpc) is 3.78. The van der Waals surface area contributed by atoms with Crippen LogP contribution in [0.1, 0.15) is 48.6 Å². The molecule has 2 aromatic heterocycles. The Morgan fingerprint density at radius 3 is 2.35 bits per heavy atom. The number of nitrogens with two attached hydrogens (primary N) is 3. The summed E-state index contributed by atoms with van der Waals surface area (Å²) >= 11 is 0. The Morgan fingerprint density at radius 2 is 1.63 bits per heavy atom. The number of aliphatic imine (C=N–C) groups is 1. The zero-order chi connectivity index (χ0) is 37.3. The molecule has 2 aromatic carbocycles. The number of fused-ring (bicyclic) bond motifs is 2. The molecule has 0 bridgehead atoms. The van der Waals surface area contributed by atoms with Crippen molar-refractivity contribution in [1.29, 1.82) is 0 Å². The van der Waals surface area contributed by atoms with Gasteiger partial charge in [-0.15, -0.1) is 0 Å². The molecule has 0 aliphatic heterocycles. The number of H-pyrrole nitrogens is 2. The highest BCUT2D eigenvalue weighted by atomic mass is 16.2. The first-order valence-corrected chi connectivity index (χ1v) is 17.1. The highest BCUT2D eigenvalue weighted by Crippen LogP contribution is 2.30. The van der Waals surface area contributed by atoms with E-state index in [0.29, 0.717) is 18.5 Å². The quantitative estimate of drug-likeness (QED) is 0.0423. The molecule has 0 saturated heterocycles. The fourth-order valence-electron chi connectivity index (χ4n) is 6.57. The lowest BCUT2D eigenvalue weighted by Gasteiger charge is -2.39. The lowest BCUT2D eigenvalue weighted by molar-refractivity contribution is -0.138. The fraction of sp³-hybridized carbons (Fsp3) is 0.361. The highest BCUT2D eigenvalue weighted by Gasteiger charge is 2.45. The molecule has 16 heteroatoms.